The third-order valence-corrected chi connectivity index (χ3v) is 2.91. The largest absolute Gasteiger partial charge is 0.497 e. The summed E-state index contributed by atoms with van der Waals surface area (Å²) >= 11 is 4.81. The predicted molar refractivity (Wildman–Crippen MR) is 78.5 cm³/mol. The minimum absolute atomic E-state index is 0.0460. The molecule has 0 atom stereocenters. The Balaban J connectivity index is 2.45. The average Bonchev–Trinajstić information content (AvgIpc) is 2.41. The first-order valence-corrected chi connectivity index (χ1v) is 6.12. The first-order chi connectivity index (χ1) is 9.52. The molecule has 2 aromatic rings. The van der Waals surface area contributed by atoms with Crippen LogP contribution in [-0.4, -0.2) is 12.1 Å². The number of methoxy groups -OCH3 is 1. The predicted octanol–water partition coefficient (Wildman–Crippen LogP) is 3.35. The third kappa shape index (κ3) is 2.85. The molecule has 0 aromatic heterocycles. The average molecular weight is 294 g/mol. The van der Waals surface area contributed by atoms with Crippen molar-refractivity contribution in [1.29, 1.82) is 0 Å². The number of ether oxygens (including phenoxy) is 1. The summed E-state index contributed by atoms with van der Waals surface area (Å²) in [7, 11) is 1.47. The van der Waals surface area contributed by atoms with Crippen molar-refractivity contribution in [3.8, 4) is 5.75 Å². The topological polar surface area (TPSA) is 47.3 Å². The Kier molecular flexibility index (Phi) is 4.14. The van der Waals surface area contributed by atoms with E-state index in [4.69, 9.17) is 22.7 Å². The van der Waals surface area contributed by atoms with E-state index >= 15 is 0 Å². The maximum atomic E-state index is 13.7. The van der Waals surface area contributed by atoms with E-state index in [0.717, 1.165) is 0 Å². The van der Waals surface area contributed by atoms with Crippen LogP contribution in [0.1, 0.15) is 5.56 Å². The van der Waals surface area contributed by atoms with Gasteiger partial charge in [-0.15, -0.1) is 0 Å². The summed E-state index contributed by atoms with van der Waals surface area (Å²) in [6, 6.07) is 8.49. The summed E-state index contributed by atoms with van der Waals surface area (Å²) in [5.74, 6) is -0.586. The van der Waals surface area contributed by atoms with Crippen LogP contribution < -0.4 is 15.8 Å². The van der Waals surface area contributed by atoms with Gasteiger partial charge in [0.25, 0.3) is 0 Å². The highest BCUT2D eigenvalue weighted by atomic mass is 32.1. The normalized spacial score (nSPS) is 10.2. The van der Waals surface area contributed by atoms with Gasteiger partial charge < -0.3 is 15.8 Å². The van der Waals surface area contributed by atoms with E-state index in [0.29, 0.717) is 11.4 Å². The Morgan fingerprint density at radius 3 is 2.55 bits per heavy atom. The fourth-order valence-corrected chi connectivity index (χ4v) is 1.96. The zero-order valence-electron chi connectivity index (χ0n) is 10.6. The molecule has 6 heteroatoms. The molecule has 2 rings (SSSR count). The molecule has 0 unspecified atom stereocenters. The molecule has 0 saturated heterocycles. The van der Waals surface area contributed by atoms with Crippen molar-refractivity contribution >= 4 is 28.6 Å². The number of thiocarbonyl (C=S) groups is 1. The Labute approximate surface area is 120 Å². The molecule has 0 heterocycles. The van der Waals surface area contributed by atoms with Crippen molar-refractivity contribution in [2.75, 3.05) is 12.4 Å². The van der Waals surface area contributed by atoms with Gasteiger partial charge in [0.05, 0.1) is 24.0 Å². The molecule has 3 N–H and O–H groups in total. The van der Waals surface area contributed by atoms with Crippen LogP contribution in [0, 0.1) is 11.6 Å². The Morgan fingerprint density at radius 2 is 1.90 bits per heavy atom. The highest BCUT2D eigenvalue weighted by Crippen LogP contribution is 2.27. The molecule has 0 amide bonds. The third-order valence-electron chi connectivity index (χ3n) is 2.70. The van der Waals surface area contributed by atoms with Gasteiger partial charge in [-0.2, -0.15) is 0 Å². The SMILES string of the molecule is COc1ccc(F)c(Nc2cccc(F)c2C(N)=S)c1. The maximum absolute atomic E-state index is 13.7. The van der Waals surface area contributed by atoms with Gasteiger partial charge >= 0.3 is 0 Å². The summed E-state index contributed by atoms with van der Waals surface area (Å²) in [6.45, 7) is 0. The minimum Gasteiger partial charge on any atom is -0.497 e. The standard InChI is InChI=1S/C14H12F2N2OS/c1-19-8-5-6-9(15)12(7-8)18-11-4-2-3-10(16)13(11)14(17)20/h2-7,18H,1H3,(H2,17,20). The lowest BCUT2D eigenvalue weighted by Crippen LogP contribution is -2.14. The first-order valence-electron chi connectivity index (χ1n) is 5.72. The molecule has 0 saturated carbocycles. The zero-order valence-corrected chi connectivity index (χ0v) is 11.4. The summed E-state index contributed by atoms with van der Waals surface area (Å²) in [4.78, 5) is -0.103. The van der Waals surface area contributed by atoms with Crippen molar-refractivity contribution in [2.24, 2.45) is 5.73 Å². The van der Waals surface area contributed by atoms with Gasteiger partial charge in [0.1, 0.15) is 22.4 Å². The summed E-state index contributed by atoms with van der Waals surface area (Å²) in [5.41, 5.74) is 5.98. The van der Waals surface area contributed by atoms with Crippen molar-refractivity contribution in [3.63, 3.8) is 0 Å². The number of halogens is 2. The molecule has 104 valence electrons. The minimum atomic E-state index is -0.564. The molecule has 0 aliphatic heterocycles. The smallest absolute Gasteiger partial charge is 0.146 e. The molecular formula is C14H12F2N2OS. The molecule has 0 spiro atoms. The number of hydrogen-bond donors (Lipinski definition) is 2. The van der Waals surface area contributed by atoms with E-state index in [1.54, 1.807) is 6.07 Å². The van der Waals surface area contributed by atoms with Gasteiger partial charge in [-0.05, 0) is 24.3 Å². The molecule has 20 heavy (non-hydrogen) atoms. The summed E-state index contributed by atoms with van der Waals surface area (Å²) < 4.78 is 32.5. The lowest BCUT2D eigenvalue weighted by Gasteiger charge is -2.13. The number of benzene rings is 2. The van der Waals surface area contributed by atoms with Crippen LogP contribution in [0.3, 0.4) is 0 Å². The van der Waals surface area contributed by atoms with Crippen molar-refractivity contribution in [2.45, 2.75) is 0 Å². The fourth-order valence-electron chi connectivity index (χ4n) is 1.75. The van der Waals surface area contributed by atoms with Crippen LogP contribution >= 0.6 is 12.2 Å². The quantitative estimate of drug-likeness (QED) is 0.849. The highest BCUT2D eigenvalue weighted by molar-refractivity contribution is 7.80. The summed E-state index contributed by atoms with van der Waals surface area (Å²) in [6.07, 6.45) is 0. The van der Waals surface area contributed by atoms with Gasteiger partial charge in [0, 0.05) is 6.07 Å². The second-order valence-corrected chi connectivity index (χ2v) is 4.44. The van der Waals surface area contributed by atoms with Crippen LogP contribution in [0.15, 0.2) is 36.4 Å². The molecule has 3 nitrogen and oxygen atoms in total. The van der Waals surface area contributed by atoms with Crippen LogP contribution in [0.2, 0.25) is 0 Å². The van der Waals surface area contributed by atoms with Gasteiger partial charge in [-0.3, -0.25) is 0 Å². The molecular weight excluding hydrogens is 282 g/mol. The van der Waals surface area contributed by atoms with Crippen molar-refractivity contribution < 1.29 is 13.5 Å². The van der Waals surface area contributed by atoms with Crippen molar-refractivity contribution in [3.05, 3.63) is 53.6 Å². The summed E-state index contributed by atoms with van der Waals surface area (Å²) in [5, 5.41) is 2.78. The molecule has 0 fully saturated rings. The second-order valence-electron chi connectivity index (χ2n) is 4.00. The molecule has 2 aromatic carbocycles. The Bertz CT molecular complexity index is 662. The monoisotopic (exact) mass is 294 g/mol. The number of rotatable bonds is 4. The lowest BCUT2D eigenvalue weighted by atomic mass is 10.1. The van der Waals surface area contributed by atoms with Crippen molar-refractivity contribution in [1.82, 2.24) is 0 Å². The van der Waals surface area contributed by atoms with E-state index in [1.165, 1.54) is 37.4 Å². The number of nitrogens with one attached hydrogen (secondary N) is 1. The maximum Gasteiger partial charge on any atom is 0.146 e. The fraction of sp³-hybridized carbons (Fsp3) is 0.0714. The lowest BCUT2D eigenvalue weighted by molar-refractivity contribution is 0.414. The van der Waals surface area contributed by atoms with Crippen LogP contribution in [0.25, 0.3) is 0 Å². The van der Waals surface area contributed by atoms with E-state index in [2.05, 4.69) is 5.32 Å². The first kappa shape index (κ1) is 14.2. The van der Waals surface area contributed by atoms with Crippen LogP contribution in [0.5, 0.6) is 5.75 Å². The van der Waals surface area contributed by atoms with Crippen LogP contribution in [-0.2, 0) is 0 Å². The number of nitrogens with two attached hydrogens (primary N) is 1. The number of hydrogen-bond acceptors (Lipinski definition) is 3. The Hall–Kier alpha value is -2.21. The second kappa shape index (κ2) is 5.83. The molecule has 0 aliphatic rings. The highest BCUT2D eigenvalue weighted by Gasteiger charge is 2.13. The Morgan fingerprint density at radius 1 is 1.15 bits per heavy atom. The molecule has 0 bridgehead atoms. The zero-order chi connectivity index (χ0) is 14.7. The van der Waals surface area contributed by atoms with Gasteiger partial charge in [-0.1, -0.05) is 18.3 Å². The molecule has 0 radical (unpaired) electrons. The van der Waals surface area contributed by atoms with Crippen LogP contribution in [0.4, 0.5) is 20.2 Å². The van der Waals surface area contributed by atoms with E-state index in [1.807, 2.05) is 0 Å². The van der Waals surface area contributed by atoms with Gasteiger partial charge in [0.15, 0.2) is 0 Å². The molecule has 0 aliphatic carbocycles. The van der Waals surface area contributed by atoms with Gasteiger partial charge in [0.2, 0.25) is 0 Å². The number of anilines is 2. The van der Waals surface area contributed by atoms with E-state index in [9.17, 15) is 8.78 Å². The van der Waals surface area contributed by atoms with E-state index in [-0.39, 0.29) is 16.2 Å². The van der Waals surface area contributed by atoms with Gasteiger partial charge in [-0.25, -0.2) is 8.78 Å². The van der Waals surface area contributed by atoms with E-state index < -0.39 is 11.6 Å².